The molecule has 0 fully saturated rings. The van der Waals surface area contributed by atoms with Crippen LogP contribution in [0.15, 0.2) is 28.7 Å². The maximum atomic E-state index is 11.7. The van der Waals surface area contributed by atoms with Gasteiger partial charge in [0.2, 0.25) is 5.91 Å². The quantitative estimate of drug-likeness (QED) is 0.881. The van der Waals surface area contributed by atoms with Gasteiger partial charge in [-0.3, -0.25) is 4.79 Å². The predicted molar refractivity (Wildman–Crippen MR) is 80.2 cm³/mol. The van der Waals surface area contributed by atoms with Crippen molar-refractivity contribution in [1.29, 1.82) is 0 Å². The highest BCUT2D eigenvalue weighted by Crippen LogP contribution is 2.13. The number of carbonyl (C=O) groups excluding carboxylic acids is 2. The van der Waals surface area contributed by atoms with Crippen LogP contribution in [-0.2, 0) is 16.0 Å². The predicted octanol–water partition coefficient (Wildman–Crippen LogP) is 2.37. The number of ether oxygens (including phenoxy) is 1. The Labute approximate surface area is 127 Å². The fraction of sp³-hybridized carbons (Fsp3) is 0.429. The molecule has 0 saturated carbocycles. The molecule has 0 saturated heterocycles. The molecule has 0 aliphatic heterocycles. The zero-order valence-corrected chi connectivity index (χ0v) is 13.4. The van der Waals surface area contributed by atoms with Crippen molar-refractivity contribution in [2.45, 2.75) is 38.8 Å². The molecule has 0 aliphatic rings. The van der Waals surface area contributed by atoms with Crippen molar-refractivity contribution in [3.8, 4) is 0 Å². The van der Waals surface area contributed by atoms with Gasteiger partial charge in [-0.05, 0) is 38.5 Å². The third-order valence-corrected chi connectivity index (χ3v) is 2.86. The summed E-state index contributed by atoms with van der Waals surface area (Å²) >= 11 is 3.35. The van der Waals surface area contributed by atoms with E-state index in [0.717, 1.165) is 10.0 Å². The summed E-state index contributed by atoms with van der Waals surface area (Å²) in [5.74, 6) is -0.601. The number of alkyl carbamates (subject to hydrolysis) is 1. The van der Waals surface area contributed by atoms with Crippen LogP contribution in [0.3, 0.4) is 0 Å². The lowest BCUT2D eigenvalue weighted by Crippen LogP contribution is -2.47. The Morgan fingerprint density at radius 1 is 1.40 bits per heavy atom. The molecule has 0 spiro atoms. The molecule has 1 aromatic rings. The zero-order chi connectivity index (χ0) is 15.3. The SMILES string of the molecule is CC(C)(C)OC(=O)N[C@@H](Cc1cccc(Br)c1)C(N)=O. The number of amides is 2. The number of primary amides is 1. The molecule has 0 aliphatic carbocycles. The standard InChI is InChI=1S/C14H19BrN2O3/c1-14(2,3)20-13(19)17-11(12(16)18)8-9-5-4-6-10(15)7-9/h4-7,11H,8H2,1-3H3,(H2,16,18)(H,17,19)/t11-/m0/s1. The number of halogens is 1. The molecule has 0 aromatic heterocycles. The maximum absolute atomic E-state index is 11.7. The van der Waals surface area contributed by atoms with E-state index in [-0.39, 0.29) is 0 Å². The lowest BCUT2D eigenvalue weighted by Gasteiger charge is -2.22. The van der Waals surface area contributed by atoms with Gasteiger partial charge in [-0.1, -0.05) is 28.1 Å². The van der Waals surface area contributed by atoms with Gasteiger partial charge in [-0.15, -0.1) is 0 Å². The number of nitrogens with one attached hydrogen (secondary N) is 1. The Bertz CT molecular complexity index is 497. The molecule has 0 bridgehead atoms. The van der Waals surface area contributed by atoms with E-state index in [4.69, 9.17) is 10.5 Å². The van der Waals surface area contributed by atoms with E-state index < -0.39 is 23.6 Å². The average Bonchev–Trinajstić information content (AvgIpc) is 2.25. The Kier molecular flexibility index (Phi) is 5.56. The van der Waals surface area contributed by atoms with E-state index in [0.29, 0.717) is 6.42 Å². The smallest absolute Gasteiger partial charge is 0.408 e. The number of rotatable bonds is 4. The first-order chi connectivity index (χ1) is 9.17. The third-order valence-electron chi connectivity index (χ3n) is 2.36. The summed E-state index contributed by atoms with van der Waals surface area (Å²) in [5.41, 5.74) is 5.58. The molecule has 20 heavy (non-hydrogen) atoms. The Balaban J connectivity index is 2.71. The summed E-state index contributed by atoms with van der Waals surface area (Å²) in [6, 6.07) is 6.65. The first-order valence-electron chi connectivity index (χ1n) is 6.20. The topological polar surface area (TPSA) is 81.4 Å². The molecule has 0 unspecified atom stereocenters. The van der Waals surface area contributed by atoms with Crippen molar-refractivity contribution >= 4 is 27.9 Å². The highest BCUT2D eigenvalue weighted by Gasteiger charge is 2.22. The first kappa shape index (κ1) is 16.5. The largest absolute Gasteiger partial charge is 0.444 e. The van der Waals surface area contributed by atoms with Crippen LogP contribution >= 0.6 is 15.9 Å². The van der Waals surface area contributed by atoms with Gasteiger partial charge in [0, 0.05) is 10.9 Å². The zero-order valence-electron chi connectivity index (χ0n) is 11.8. The summed E-state index contributed by atoms with van der Waals surface area (Å²) in [4.78, 5) is 23.1. The van der Waals surface area contributed by atoms with Crippen molar-refractivity contribution < 1.29 is 14.3 Å². The highest BCUT2D eigenvalue weighted by atomic mass is 79.9. The van der Waals surface area contributed by atoms with Gasteiger partial charge in [-0.25, -0.2) is 4.79 Å². The number of hydrogen-bond donors (Lipinski definition) is 2. The summed E-state index contributed by atoms with van der Waals surface area (Å²) in [5, 5.41) is 2.49. The van der Waals surface area contributed by atoms with Crippen LogP contribution < -0.4 is 11.1 Å². The van der Waals surface area contributed by atoms with E-state index in [2.05, 4.69) is 21.2 Å². The van der Waals surface area contributed by atoms with Gasteiger partial charge in [0.15, 0.2) is 0 Å². The van der Waals surface area contributed by atoms with Gasteiger partial charge in [0.05, 0.1) is 0 Å². The average molecular weight is 343 g/mol. The summed E-state index contributed by atoms with van der Waals surface area (Å²) in [7, 11) is 0. The van der Waals surface area contributed by atoms with Crippen LogP contribution in [-0.4, -0.2) is 23.6 Å². The van der Waals surface area contributed by atoms with E-state index in [1.54, 1.807) is 20.8 Å². The monoisotopic (exact) mass is 342 g/mol. The summed E-state index contributed by atoms with van der Waals surface area (Å²) in [6.45, 7) is 5.25. The van der Waals surface area contributed by atoms with Crippen molar-refractivity contribution in [2.24, 2.45) is 5.73 Å². The molecular formula is C14H19BrN2O3. The van der Waals surface area contributed by atoms with E-state index in [9.17, 15) is 9.59 Å². The van der Waals surface area contributed by atoms with Gasteiger partial charge in [0.1, 0.15) is 11.6 Å². The Hall–Kier alpha value is -1.56. The molecule has 0 heterocycles. The van der Waals surface area contributed by atoms with Crippen molar-refractivity contribution in [3.05, 3.63) is 34.3 Å². The second kappa shape index (κ2) is 6.74. The van der Waals surface area contributed by atoms with Gasteiger partial charge in [0.25, 0.3) is 0 Å². The van der Waals surface area contributed by atoms with E-state index in [1.807, 2.05) is 24.3 Å². The van der Waals surface area contributed by atoms with Gasteiger partial charge < -0.3 is 15.8 Å². The fourth-order valence-corrected chi connectivity index (χ4v) is 2.02. The van der Waals surface area contributed by atoms with Crippen LogP contribution in [0.5, 0.6) is 0 Å². The Morgan fingerprint density at radius 3 is 2.55 bits per heavy atom. The highest BCUT2D eigenvalue weighted by molar-refractivity contribution is 9.10. The molecule has 2 amide bonds. The number of carbonyl (C=O) groups is 2. The van der Waals surface area contributed by atoms with Crippen molar-refractivity contribution in [1.82, 2.24) is 5.32 Å². The minimum atomic E-state index is -0.806. The summed E-state index contributed by atoms with van der Waals surface area (Å²) < 4.78 is 6.01. The third kappa shape index (κ3) is 6.06. The van der Waals surface area contributed by atoms with Crippen LogP contribution in [0.1, 0.15) is 26.3 Å². The van der Waals surface area contributed by atoms with E-state index >= 15 is 0 Å². The van der Waals surface area contributed by atoms with Crippen LogP contribution in [0.4, 0.5) is 4.79 Å². The molecule has 1 atom stereocenters. The van der Waals surface area contributed by atoms with Crippen LogP contribution in [0, 0.1) is 0 Å². The number of nitrogens with two attached hydrogens (primary N) is 1. The molecule has 1 aromatic carbocycles. The number of benzene rings is 1. The lowest BCUT2D eigenvalue weighted by atomic mass is 10.1. The van der Waals surface area contributed by atoms with Gasteiger partial charge >= 0.3 is 6.09 Å². The second-order valence-corrected chi connectivity index (χ2v) is 6.35. The summed E-state index contributed by atoms with van der Waals surface area (Å²) in [6.07, 6.45) is -0.343. The van der Waals surface area contributed by atoms with Crippen LogP contribution in [0.25, 0.3) is 0 Å². The molecule has 0 radical (unpaired) electrons. The first-order valence-corrected chi connectivity index (χ1v) is 7.00. The maximum Gasteiger partial charge on any atom is 0.408 e. The van der Waals surface area contributed by atoms with Crippen molar-refractivity contribution in [3.63, 3.8) is 0 Å². The molecular weight excluding hydrogens is 324 g/mol. The minimum Gasteiger partial charge on any atom is -0.444 e. The normalized spacial score (nSPS) is 12.6. The van der Waals surface area contributed by atoms with E-state index in [1.165, 1.54) is 0 Å². The lowest BCUT2D eigenvalue weighted by molar-refractivity contribution is -0.120. The second-order valence-electron chi connectivity index (χ2n) is 5.44. The number of hydrogen-bond acceptors (Lipinski definition) is 3. The molecule has 5 nitrogen and oxygen atoms in total. The van der Waals surface area contributed by atoms with Crippen LogP contribution in [0.2, 0.25) is 0 Å². The molecule has 3 N–H and O–H groups in total. The van der Waals surface area contributed by atoms with Gasteiger partial charge in [-0.2, -0.15) is 0 Å². The molecule has 110 valence electrons. The fourth-order valence-electron chi connectivity index (χ4n) is 1.57. The minimum absolute atomic E-state index is 0.314. The molecule has 1 rings (SSSR count). The molecule has 6 heteroatoms. The Morgan fingerprint density at radius 2 is 2.05 bits per heavy atom. The van der Waals surface area contributed by atoms with Crippen molar-refractivity contribution in [2.75, 3.05) is 0 Å².